The van der Waals surface area contributed by atoms with Gasteiger partial charge in [-0.05, 0) is 42.8 Å². The van der Waals surface area contributed by atoms with E-state index in [0.717, 1.165) is 5.56 Å². The number of aryl methyl sites for hydroxylation is 1. The summed E-state index contributed by atoms with van der Waals surface area (Å²) in [4.78, 5) is -0.104. The first-order chi connectivity index (χ1) is 10.4. The van der Waals surface area contributed by atoms with E-state index >= 15 is 0 Å². The molecule has 2 aromatic rings. The molecule has 0 unspecified atom stereocenters. The van der Waals surface area contributed by atoms with Crippen LogP contribution in [0.5, 0.6) is 17.2 Å². The Labute approximate surface area is 134 Å². The van der Waals surface area contributed by atoms with Crippen molar-refractivity contribution in [1.29, 1.82) is 0 Å². The number of rotatable bonds is 5. The summed E-state index contributed by atoms with van der Waals surface area (Å²) in [6.07, 6.45) is 0. The predicted octanol–water partition coefficient (Wildman–Crippen LogP) is 3.43. The van der Waals surface area contributed by atoms with Crippen LogP contribution in [0.3, 0.4) is 0 Å². The Balaban J connectivity index is 2.46. The van der Waals surface area contributed by atoms with E-state index in [1.165, 1.54) is 32.4 Å². The van der Waals surface area contributed by atoms with Crippen LogP contribution < -0.4 is 13.7 Å². The van der Waals surface area contributed by atoms with Crippen LogP contribution in [-0.4, -0.2) is 22.6 Å². The second-order valence-electron chi connectivity index (χ2n) is 4.46. The van der Waals surface area contributed by atoms with Gasteiger partial charge in [-0.2, -0.15) is 8.42 Å². The molecule has 0 aliphatic carbocycles. The van der Waals surface area contributed by atoms with E-state index in [2.05, 4.69) is 0 Å². The lowest BCUT2D eigenvalue weighted by Gasteiger charge is -2.13. The van der Waals surface area contributed by atoms with Crippen LogP contribution >= 0.6 is 11.6 Å². The van der Waals surface area contributed by atoms with E-state index in [9.17, 15) is 8.42 Å². The van der Waals surface area contributed by atoms with Crippen molar-refractivity contribution >= 4 is 21.7 Å². The molecule has 0 atom stereocenters. The van der Waals surface area contributed by atoms with Crippen molar-refractivity contribution in [2.24, 2.45) is 0 Å². The zero-order valence-electron chi connectivity index (χ0n) is 12.3. The molecule has 0 aromatic heterocycles. The summed E-state index contributed by atoms with van der Waals surface area (Å²) < 4.78 is 40.3. The lowest BCUT2D eigenvalue weighted by Crippen LogP contribution is -2.11. The van der Waals surface area contributed by atoms with Crippen LogP contribution in [0, 0.1) is 6.92 Å². The molecule has 22 heavy (non-hydrogen) atoms. The molecule has 0 spiro atoms. The van der Waals surface area contributed by atoms with Crippen LogP contribution in [0.25, 0.3) is 0 Å². The minimum absolute atomic E-state index is 0.104. The first-order valence-corrected chi connectivity index (χ1v) is 8.08. The molecule has 2 aromatic carbocycles. The molecule has 118 valence electrons. The van der Waals surface area contributed by atoms with Crippen molar-refractivity contribution in [3.05, 3.63) is 47.0 Å². The van der Waals surface area contributed by atoms with E-state index < -0.39 is 10.1 Å². The predicted molar refractivity (Wildman–Crippen MR) is 83.5 cm³/mol. The van der Waals surface area contributed by atoms with Gasteiger partial charge in [0.15, 0.2) is 4.90 Å². The van der Waals surface area contributed by atoms with Gasteiger partial charge in [-0.25, -0.2) is 0 Å². The summed E-state index contributed by atoms with van der Waals surface area (Å²) in [6, 6.07) is 8.98. The maximum Gasteiger partial charge on any atom is 0.343 e. The van der Waals surface area contributed by atoms with Crippen LogP contribution in [0.1, 0.15) is 5.56 Å². The van der Waals surface area contributed by atoms with Gasteiger partial charge in [0.1, 0.15) is 17.2 Å². The van der Waals surface area contributed by atoms with Gasteiger partial charge >= 0.3 is 10.1 Å². The first kappa shape index (κ1) is 16.5. The summed E-state index contributed by atoms with van der Waals surface area (Å²) in [5.41, 5.74) is 0.754. The fourth-order valence-corrected chi connectivity index (χ4v) is 3.10. The van der Waals surface area contributed by atoms with Crippen molar-refractivity contribution in [3.8, 4) is 17.2 Å². The third-order valence-corrected chi connectivity index (χ3v) is 4.49. The average molecular weight is 343 g/mol. The monoisotopic (exact) mass is 342 g/mol. The van der Waals surface area contributed by atoms with E-state index in [1.54, 1.807) is 25.1 Å². The summed E-state index contributed by atoms with van der Waals surface area (Å²) in [5, 5.41) is 0.485. The van der Waals surface area contributed by atoms with E-state index in [1.807, 2.05) is 0 Å². The van der Waals surface area contributed by atoms with E-state index in [4.69, 9.17) is 25.3 Å². The van der Waals surface area contributed by atoms with Crippen LogP contribution in [0.4, 0.5) is 0 Å². The second kappa shape index (κ2) is 6.46. The average Bonchev–Trinajstić information content (AvgIpc) is 2.48. The summed E-state index contributed by atoms with van der Waals surface area (Å²) >= 11 is 5.76. The smallest absolute Gasteiger partial charge is 0.343 e. The fraction of sp³-hybridized carbons (Fsp3) is 0.200. The van der Waals surface area contributed by atoms with Crippen molar-refractivity contribution in [2.45, 2.75) is 11.8 Å². The molecule has 5 nitrogen and oxygen atoms in total. The molecular formula is C15H15ClO5S. The Hall–Kier alpha value is -1.92. The van der Waals surface area contributed by atoms with Crippen molar-refractivity contribution < 1.29 is 22.1 Å². The highest BCUT2D eigenvalue weighted by Gasteiger charge is 2.24. The fourth-order valence-electron chi connectivity index (χ4n) is 1.88. The lowest BCUT2D eigenvalue weighted by atomic mass is 10.2. The van der Waals surface area contributed by atoms with Gasteiger partial charge in [0.05, 0.1) is 14.2 Å². The number of ether oxygens (including phenoxy) is 2. The van der Waals surface area contributed by atoms with Gasteiger partial charge < -0.3 is 13.7 Å². The topological polar surface area (TPSA) is 61.8 Å². The standard InChI is InChI=1S/C15H15ClO5S/c1-10-8-14(20-3)15(9-13(10)19-2)22(17,18)21-12-6-4-11(16)5-7-12/h4-9H,1-3H3. The number of methoxy groups -OCH3 is 2. The molecule has 0 heterocycles. The normalized spacial score (nSPS) is 11.1. The van der Waals surface area contributed by atoms with Crippen LogP contribution in [-0.2, 0) is 10.1 Å². The zero-order chi connectivity index (χ0) is 16.3. The summed E-state index contributed by atoms with van der Waals surface area (Å²) in [6.45, 7) is 1.79. The molecule has 0 aliphatic heterocycles. The molecule has 0 saturated carbocycles. The number of halogens is 1. The molecule has 0 amide bonds. The van der Waals surface area contributed by atoms with Crippen molar-refractivity contribution in [2.75, 3.05) is 14.2 Å². The first-order valence-electron chi connectivity index (χ1n) is 6.30. The molecule has 2 rings (SSSR count). The summed E-state index contributed by atoms with van der Waals surface area (Å²) in [7, 11) is -1.21. The third kappa shape index (κ3) is 3.45. The molecular weight excluding hydrogens is 328 g/mol. The van der Waals surface area contributed by atoms with Gasteiger partial charge in [0, 0.05) is 11.1 Å². The van der Waals surface area contributed by atoms with E-state index in [0.29, 0.717) is 10.8 Å². The SMILES string of the molecule is COc1cc(S(=O)(=O)Oc2ccc(Cl)cc2)c(OC)cc1C. The Morgan fingerprint density at radius 1 is 0.955 bits per heavy atom. The van der Waals surface area contributed by atoms with Crippen LogP contribution in [0.15, 0.2) is 41.3 Å². The quantitative estimate of drug-likeness (QED) is 0.779. The number of hydrogen-bond acceptors (Lipinski definition) is 5. The Bertz CT molecular complexity index is 769. The highest BCUT2D eigenvalue weighted by Crippen LogP contribution is 2.33. The highest BCUT2D eigenvalue weighted by atomic mass is 35.5. The molecule has 0 fully saturated rings. The molecule has 7 heteroatoms. The Morgan fingerprint density at radius 2 is 1.55 bits per heavy atom. The third-order valence-electron chi connectivity index (χ3n) is 2.97. The maximum atomic E-state index is 12.5. The molecule has 0 radical (unpaired) electrons. The molecule has 0 bridgehead atoms. The number of benzene rings is 2. The largest absolute Gasteiger partial charge is 0.496 e. The maximum absolute atomic E-state index is 12.5. The van der Waals surface area contributed by atoms with E-state index in [-0.39, 0.29) is 16.4 Å². The van der Waals surface area contributed by atoms with Gasteiger partial charge in [0.2, 0.25) is 0 Å². The Kier molecular flexibility index (Phi) is 4.83. The van der Waals surface area contributed by atoms with Crippen molar-refractivity contribution in [1.82, 2.24) is 0 Å². The number of hydrogen-bond donors (Lipinski definition) is 0. The molecule has 0 saturated heterocycles. The van der Waals surface area contributed by atoms with Crippen LogP contribution in [0.2, 0.25) is 5.02 Å². The summed E-state index contributed by atoms with van der Waals surface area (Å²) in [5.74, 6) is 0.775. The van der Waals surface area contributed by atoms with Gasteiger partial charge in [0.25, 0.3) is 0 Å². The van der Waals surface area contributed by atoms with Gasteiger partial charge in [-0.1, -0.05) is 11.6 Å². The highest BCUT2D eigenvalue weighted by molar-refractivity contribution is 7.87. The Morgan fingerprint density at radius 3 is 2.09 bits per heavy atom. The van der Waals surface area contributed by atoms with Gasteiger partial charge in [-0.3, -0.25) is 0 Å². The lowest BCUT2D eigenvalue weighted by molar-refractivity contribution is 0.386. The minimum Gasteiger partial charge on any atom is -0.496 e. The second-order valence-corrected chi connectivity index (χ2v) is 6.42. The minimum atomic E-state index is -4.07. The zero-order valence-corrected chi connectivity index (χ0v) is 13.9. The van der Waals surface area contributed by atoms with Gasteiger partial charge in [-0.15, -0.1) is 0 Å². The molecule has 0 aliphatic rings. The van der Waals surface area contributed by atoms with Crippen molar-refractivity contribution in [3.63, 3.8) is 0 Å². The molecule has 0 N–H and O–H groups in total.